The fourth-order valence-electron chi connectivity index (χ4n) is 3.72. The van der Waals surface area contributed by atoms with E-state index in [0.29, 0.717) is 12.8 Å². The molecule has 0 saturated carbocycles. The van der Waals surface area contributed by atoms with Gasteiger partial charge in [-0.15, -0.1) is 11.3 Å². The number of aryl methyl sites for hydroxylation is 1. The number of nitrogens with zero attached hydrogens (tertiary/aromatic N) is 5. The van der Waals surface area contributed by atoms with E-state index < -0.39 is 6.17 Å². The summed E-state index contributed by atoms with van der Waals surface area (Å²) >= 11 is 1.70. The maximum absolute atomic E-state index is 13.3. The predicted molar refractivity (Wildman–Crippen MR) is 112 cm³/mol. The zero-order valence-electron chi connectivity index (χ0n) is 16.1. The van der Waals surface area contributed by atoms with E-state index >= 15 is 0 Å². The van der Waals surface area contributed by atoms with Crippen molar-refractivity contribution in [3.05, 3.63) is 47.5 Å². The third-order valence-corrected chi connectivity index (χ3v) is 6.19. The first-order chi connectivity index (χ1) is 14.2. The van der Waals surface area contributed by atoms with Crippen molar-refractivity contribution in [1.29, 1.82) is 0 Å². The highest BCUT2D eigenvalue weighted by atomic mass is 32.1. The number of aromatic amines is 1. The number of anilines is 2. The van der Waals surface area contributed by atoms with Crippen molar-refractivity contribution < 1.29 is 4.39 Å². The van der Waals surface area contributed by atoms with Crippen molar-refractivity contribution in [2.75, 3.05) is 18.4 Å². The lowest BCUT2D eigenvalue weighted by Gasteiger charge is -2.27. The van der Waals surface area contributed by atoms with Crippen molar-refractivity contribution in [2.45, 2.75) is 32.5 Å². The van der Waals surface area contributed by atoms with Crippen LogP contribution in [-0.4, -0.2) is 48.7 Å². The van der Waals surface area contributed by atoms with E-state index in [2.05, 4.69) is 42.5 Å². The topological polar surface area (TPSA) is 74.1 Å². The van der Waals surface area contributed by atoms with Crippen molar-refractivity contribution in [3.8, 4) is 11.3 Å². The Morgan fingerprint density at radius 3 is 2.93 bits per heavy atom. The van der Waals surface area contributed by atoms with Crippen LogP contribution in [0.3, 0.4) is 0 Å². The van der Waals surface area contributed by atoms with Crippen molar-refractivity contribution in [2.24, 2.45) is 0 Å². The molecule has 1 aliphatic rings. The molecule has 0 aromatic carbocycles. The number of H-pyrrole nitrogens is 1. The number of thiophene rings is 1. The Morgan fingerprint density at radius 1 is 1.28 bits per heavy atom. The summed E-state index contributed by atoms with van der Waals surface area (Å²) in [6, 6.07) is 4.20. The maximum Gasteiger partial charge on any atom is 0.180 e. The number of hydrogen-bond acceptors (Lipinski definition) is 6. The molecule has 5 heterocycles. The average molecular weight is 412 g/mol. The lowest BCUT2D eigenvalue weighted by atomic mass is 10.1. The molecule has 2 N–H and O–H groups in total. The lowest BCUT2D eigenvalue weighted by molar-refractivity contribution is 0.146. The average Bonchev–Trinajstić information content (AvgIpc) is 3.44. The van der Waals surface area contributed by atoms with Gasteiger partial charge in [-0.3, -0.25) is 14.4 Å². The number of fused-ring (bicyclic) bond motifs is 1. The number of aromatic nitrogens is 5. The molecule has 0 unspecified atom stereocenters. The molecule has 5 rings (SSSR count). The van der Waals surface area contributed by atoms with E-state index in [1.165, 1.54) is 4.88 Å². The molecule has 0 atom stereocenters. The van der Waals surface area contributed by atoms with Crippen molar-refractivity contribution >= 4 is 27.8 Å². The quantitative estimate of drug-likeness (QED) is 0.516. The number of halogens is 1. The second kappa shape index (κ2) is 7.57. The van der Waals surface area contributed by atoms with Gasteiger partial charge in [0.05, 0.1) is 28.8 Å². The fourth-order valence-corrected chi connectivity index (χ4v) is 4.67. The van der Waals surface area contributed by atoms with Crippen molar-refractivity contribution in [3.63, 3.8) is 0 Å². The smallest absolute Gasteiger partial charge is 0.180 e. The Labute approximate surface area is 171 Å². The third kappa shape index (κ3) is 3.75. The van der Waals surface area contributed by atoms with E-state index in [4.69, 9.17) is 0 Å². The Kier molecular flexibility index (Phi) is 4.76. The number of nitrogens with one attached hydrogen (secondary N) is 2. The standard InChI is InChI=1S/C20H22FN7S/c1-13-11-28-17(14-8-23-24-9-14)10-22-20(28)19(25-13)26-18-3-2-16(29-18)12-27-6-4-15(21)5-7-27/h2-3,8-11,15H,4-7,12H2,1H3,(H,23,24)(H,25,26). The number of alkyl halides is 1. The highest BCUT2D eigenvalue weighted by Gasteiger charge is 2.19. The molecule has 1 fully saturated rings. The SMILES string of the molecule is Cc1cn2c(-c3cn[nH]c3)cnc2c(Nc2ccc(CN3CCC(F)CC3)s2)n1. The number of likely N-dealkylation sites (tertiary alicyclic amines) is 1. The van der Waals surface area contributed by atoms with Gasteiger partial charge in [-0.2, -0.15) is 5.10 Å². The summed E-state index contributed by atoms with van der Waals surface area (Å²) in [4.78, 5) is 12.8. The van der Waals surface area contributed by atoms with Crippen LogP contribution in [-0.2, 0) is 6.54 Å². The molecule has 4 aromatic rings. The zero-order valence-corrected chi connectivity index (χ0v) is 16.9. The molecular weight excluding hydrogens is 389 g/mol. The molecule has 0 spiro atoms. The largest absolute Gasteiger partial charge is 0.329 e. The first kappa shape index (κ1) is 18.3. The molecule has 0 bridgehead atoms. The molecule has 9 heteroatoms. The minimum absolute atomic E-state index is 0.636. The minimum atomic E-state index is -0.636. The van der Waals surface area contributed by atoms with E-state index in [0.717, 1.165) is 53.1 Å². The van der Waals surface area contributed by atoms with Gasteiger partial charge in [-0.1, -0.05) is 0 Å². The molecule has 1 saturated heterocycles. The van der Waals surface area contributed by atoms with Gasteiger partial charge in [0.2, 0.25) is 0 Å². The minimum Gasteiger partial charge on any atom is -0.329 e. The summed E-state index contributed by atoms with van der Waals surface area (Å²) in [6.07, 6.45) is 8.09. The molecular formula is C20H22FN7S. The second-order valence-corrected chi connectivity index (χ2v) is 8.56. The first-order valence-corrected chi connectivity index (χ1v) is 10.5. The highest BCUT2D eigenvalue weighted by Crippen LogP contribution is 2.30. The number of rotatable bonds is 5. The molecule has 0 radical (unpaired) electrons. The van der Waals surface area contributed by atoms with Crippen LogP contribution in [0.1, 0.15) is 23.4 Å². The van der Waals surface area contributed by atoms with Gasteiger partial charge in [0.15, 0.2) is 11.5 Å². The van der Waals surface area contributed by atoms with Crippen LogP contribution in [0.15, 0.2) is 36.9 Å². The van der Waals surface area contributed by atoms with Crippen LogP contribution in [0.4, 0.5) is 15.2 Å². The Hall–Kier alpha value is -2.78. The van der Waals surface area contributed by atoms with Gasteiger partial charge in [0.1, 0.15) is 6.17 Å². The van der Waals surface area contributed by atoms with Gasteiger partial charge >= 0.3 is 0 Å². The Balaban J connectivity index is 1.37. The van der Waals surface area contributed by atoms with Gasteiger partial charge in [-0.25, -0.2) is 14.4 Å². The van der Waals surface area contributed by atoms with Crippen LogP contribution in [0.25, 0.3) is 16.9 Å². The van der Waals surface area contributed by atoms with E-state index in [-0.39, 0.29) is 0 Å². The van der Waals surface area contributed by atoms with Crippen LogP contribution >= 0.6 is 11.3 Å². The van der Waals surface area contributed by atoms with Crippen LogP contribution in [0, 0.1) is 6.92 Å². The van der Waals surface area contributed by atoms with E-state index in [1.54, 1.807) is 17.5 Å². The molecule has 4 aromatic heterocycles. The molecule has 7 nitrogen and oxygen atoms in total. The van der Waals surface area contributed by atoms with Crippen LogP contribution in [0.2, 0.25) is 0 Å². The monoisotopic (exact) mass is 411 g/mol. The van der Waals surface area contributed by atoms with Gasteiger partial charge < -0.3 is 5.32 Å². The van der Waals surface area contributed by atoms with Gasteiger partial charge in [0, 0.05) is 42.5 Å². The Morgan fingerprint density at radius 2 is 2.14 bits per heavy atom. The maximum atomic E-state index is 13.3. The number of hydrogen-bond donors (Lipinski definition) is 2. The van der Waals surface area contributed by atoms with E-state index in [1.807, 2.05) is 29.9 Å². The number of imidazole rings is 1. The molecule has 0 aliphatic carbocycles. The fraction of sp³-hybridized carbons (Fsp3) is 0.350. The molecule has 1 aliphatic heterocycles. The summed E-state index contributed by atoms with van der Waals surface area (Å²) in [5.74, 6) is 0.728. The lowest BCUT2D eigenvalue weighted by Crippen LogP contribution is -2.33. The normalized spacial score (nSPS) is 15.9. The van der Waals surface area contributed by atoms with Crippen molar-refractivity contribution in [1.82, 2.24) is 29.5 Å². The second-order valence-electron chi connectivity index (χ2n) is 7.40. The summed E-state index contributed by atoms with van der Waals surface area (Å²) in [6.45, 7) is 4.49. The van der Waals surface area contributed by atoms with Gasteiger partial charge in [-0.05, 0) is 31.9 Å². The molecule has 29 heavy (non-hydrogen) atoms. The third-order valence-electron chi connectivity index (χ3n) is 5.21. The van der Waals surface area contributed by atoms with Gasteiger partial charge in [0.25, 0.3) is 0 Å². The first-order valence-electron chi connectivity index (χ1n) is 9.72. The van der Waals surface area contributed by atoms with Crippen LogP contribution < -0.4 is 5.32 Å². The summed E-state index contributed by atoms with van der Waals surface area (Å²) in [5.41, 5.74) is 3.61. The summed E-state index contributed by atoms with van der Waals surface area (Å²) in [7, 11) is 0. The molecule has 0 amide bonds. The van der Waals surface area contributed by atoms with E-state index in [9.17, 15) is 4.39 Å². The number of piperidine rings is 1. The predicted octanol–water partition coefficient (Wildman–Crippen LogP) is 4.17. The molecule has 150 valence electrons. The summed E-state index contributed by atoms with van der Waals surface area (Å²) in [5, 5.41) is 11.3. The summed E-state index contributed by atoms with van der Waals surface area (Å²) < 4.78 is 15.4. The zero-order chi connectivity index (χ0) is 19.8. The van der Waals surface area contributed by atoms with Crippen LogP contribution in [0.5, 0.6) is 0 Å². The Bertz CT molecular complexity index is 1110. The highest BCUT2D eigenvalue weighted by molar-refractivity contribution is 7.16.